The molecule has 0 radical (unpaired) electrons. The van der Waals surface area contributed by atoms with Crippen molar-refractivity contribution in [2.24, 2.45) is 0 Å². The van der Waals surface area contributed by atoms with E-state index in [-0.39, 0.29) is 17.0 Å². The van der Waals surface area contributed by atoms with E-state index in [1.165, 1.54) is 19.1 Å². The second-order valence-corrected chi connectivity index (χ2v) is 9.16. The van der Waals surface area contributed by atoms with Crippen LogP contribution in [0.5, 0.6) is 5.75 Å². The normalized spacial score (nSPS) is 19.9. The maximum absolute atomic E-state index is 13.4. The number of esters is 1. The van der Waals surface area contributed by atoms with Gasteiger partial charge in [0.1, 0.15) is 17.2 Å². The van der Waals surface area contributed by atoms with E-state index in [0.29, 0.717) is 54.3 Å². The summed E-state index contributed by atoms with van der Waals surface area (Å²) in [5, 5.41) is 11.5. The highest BCUT2D eigenvalue weighted by atomic mass is 16.5. The van der Waals surface area contributed by atoms with Crippen LogP contribution in [0.25, 0.3) is 5.76 Å². The molecule has 2 fully saturated rings. The first-order valence-corrected chi connectivity index (χ1v) is 12.3. The Morgan fingerprint density at radius 2 is 1.84 bits per heavy atom. The smallest absolute Gasteiger partial charge is 0.354 e. The first-order chi connectivity index (χ1) is 17.8. The number of ether oxygens (including phenoxy) is 3. The molecule has 10 heteroatoms. The third-order valence-corrected chi connectivity index (χ3v) is 7.01. The molecule has 4 rings (SSSR count). The van der Waals surface area contributed by atoms with Crippen LogP contribution in [0, 0.1) is 13.8 Å². The van der Waals surface area contributed by atoms with Crippen LogP contribution in [-0.4, -0.2) is 91.2 Å². The molecule has 10 nitrogen and oxygen atoms in total. The summed E-state index contributed by atoms with van der Waals surface area (Å²) in [5.41, 5.74) is 1.94. The first-order valence-electron chi connectivity index (χ1n) is 12.3. The highest BCUT2D eigenvalue weighted by molar-refractivity contribution is 6.46. The van der Waals surface area contributed by atoms with Gasteiger partial charge in [-0.25, -0.2) is 4.79 Å². The summed E-state index contributed by atoms with van der Waals surface area (Å²) in [6.45, 7) is 7.41. The average molecular weight is 512 g/mol. The number of para-hydroxylation sites is 1. The second kappa shape index (κ2) is 11.2. The summed E-state index contributed by atoms with van der Waals surface area (Å²) in [4.78, 5) is 45.7. The number of aromatic amines is 1. The van der Waals surface area contributed by atoms with Gasteiger partial charge in [-0.05, 0) is 31.9 Å². The fraction of sp³-hybridized carbons (Fsp3) is 0.444. The Morgan fingerprint density at radius 3 is 2.51 bits per heavy atom. The molecule has 2 saturated heterocycles. The van der Waals surface area contributed by atoms with Gasteiger partial charge in [-0.1, -0.05) is 18.2 Å². The lowest BCUT2D eigenvalue weighted by molar-refractivity contribution is -0.140. The Hall–Kier alpha value is -3.63. The number of hydrogen-bond acceptors (Lipinski definition) is 8. The average Bonchev–Trinajstić information content (AvgIpc) is 3.35. The molecule has 1 aromatic heterocycles. The zero-order valence-corrected chi connectivity index (χ0v) is 21.6. The number of aliphatic hydroxyl groups excluding tert-OH is 1. The molecule has 1 aromatic carbocycles. The third kappa shape index (κ3) is 4.99. The van der Waals surface area contributed by atoms with Gasteiger partial charge in [0, 0.05) is 43.0 Å². The monoisotopic (exact) mass is 511 g/mol. The Morgan fingerprint density at radius 1 is 1.14 bits per heavy atom. The Labute approximate surface area is 215 Å². The number of likely N-dealkylation sites (tertiary alicyclic amines) is 1. The van der Waals surface area contributed by atoms with Gasteiger partial charge in [-0.2, -0.15) is 0 Å². The number of rotatable bonds is 8. The molecule has 2 N–H and O–H groups in total. The van der Waals surface area contributed by atoms with Crippen molar-refractivity contribution < 1.29 is 33.7 Å². The quantitative estimate of drug-likeness (QED) is 0.240. The third-order valence-electron chi connectivity index (χ3n) is 7.01. The zero-order chi connectivity index (χ0) is 26.7. The lowest BCUT2D eigenvalue weighted by Gasteiger charge is -2.29. The van der Waals surface area contributed by atoms with Crippen molar-refractivity contribution in [3.05, 3.63) is 57.9 Å². The number of methoxy groups -OCH3 is 2. The van der Waals surface area contributed by atoms with E-state index in [9.17, 15) is 19.5 Å². The lowest BCUT2D eigenvalue weighted by atomic mass is 9.93. The number of Topliss-reactive ketones (excluding diaryl/α,β-unsaturated/α-hetero) is 1. The van der Waals surface area contributed by atoms with Crippen molar-refractivity contribution >= 4 is 23.4 Å². The van der Waals surface area contributed by atoms with Crippen molar-refractivity contribution in [2.45, 2.75) is 26.3 Å². The Balaban J connectivity index is 1.78. The number of carbonyl (C=O) groups is 3. The minimum atomic E-state index is -0.851. The molecule has 2 aliphatic rings. The van der Waals surface area contributed by atoms with E-state index < -0.39 is 23.7 Å². The molecule has 0 bridgehead atoms. The predicted molar refractivity (Wildman–Crippen MR) is 135 cm³/mol. The number of carbonyl (C=O) groups excluding carboxylic acids is 3. The number of aromatic nitrogens is 1. The Kier molecular flexibility index (Phi) is 7.99. The molecule has 0 aliphatic carbocycles. The van der Waals surface area contributed by atoms with Crippen molar-refractivity contribution in [1.82, 2.24) is 14.8 Å². The molecule has 0 saturated carbocycles. The minimum absolute atomic E-state index is 0.0394. The van der Waals surface area contributed by atoms with E-state index in [4.69, 9.17) is 14.2 Å². The van der Waals surface area contributed by atoms with Gasteiger partial charge in [0.25, 0.3) is 11.7 Å². The molecule has 2 aliphatic heterocycles. The molecule has 1 amide bonds. The number of amides is 1. The standard InChI is InChI=1S/C27H33N3O7/c1-16-20(17(2)28-22(16)27(34)36-4)24(31)21-23(18-8-5-6-9-19(18)35-3)30(26(33)25(21)32)11-7-10-29-12-14-37-15-13-29/h5-6,8-9,23,28,31H,7,10-15H2,1-4H3/b24-21+/t23-/m1/s1. The number of ketones is 1. The van der Waals surface area contributed by atoms with Gasteiger partial charge < -0.3 is 29.2 Å². The van der Waals surface area contributed by atoms with Crippen LogP contribution in [0.15, 0.2) is 29.8 Å². The van der Waals surface area contributed by atoms with Crippen molar-refractivity contribution in [3.8, 4) is 5.75 Å². The number of nitrogens with one attached hydrogen (secondary N) is 1. The number of H-pyrrole nitrogens is 1. The number of nitrogens with zero attached hydrogens (tertiary/aromatic N) is 2. The summed E-state index contributed by atoms with van der Waals surface area (Å²) >= 11 is 0. The van der Waals surface area contributed by atoms with Gasteiger partial charge in [0.15, 0.2) is 0 Å². The molecule has 2 aromatic rings. The highest BCUT2D eigenvalue weighted by Crippen LogP contribution is 2.43. The number of aryl methyl sites for hydroxylation is 1. The van der Waals surface area contributed by atoms with Crippen molar-refractivity contribution in [1.29, 1.82) is 0 Å². The fourth-order valence-electron chi connectivity index (χ4n) is 5.16. The topological polar surface area (TPSA) is 121 Å². The number of aliphatic hydroxyl groups is 1. The molecular weight excluding hydrogens is 478 g/mol. The fourth-order valence-corrected chi connectivity index (χ4v) is 5.16. The zero-order valence-electron chi connectivity index (χ0n) is 21.6. The minimum Gasteiger partial charge on any atom is -0.507 e. The summed E-state index contributed by atoms with van der Waals surface area (Å²) in [6, 6.07) is 6.29. The van der Waals surface area contributed by atoms with Crippen LogP contribution in [0.1, 0.15) is 45.3 Å². The van der Waals surface area contributed by atoms with E-state index in [1.54, 1.807) is 38.1 Å². The van der Waals surface area contributed by atoms with Crippen LogP contribution < -0.4 is 4.74 Å². The SMILES string of the molecule is COC(=O)c1[nH]c(C)c(/C(O)=C2\C(=O)C(=O)N(CCCN3CCOCC3)[C@@H]2c2ccccc2OC)c1C. The Bertz CT molecular complexity index is 1230. The van der Waals surface area contributed by atoms with Crippen LogP contribution >= 0.6 is 0 Å². The molecular formula is C27H33N3O7. The molecule has 0 unspecified atom stereocenters. The summed E-state index contributed by atoms with van der Waals surface area (Å²) in [5.74, 6) is -1.90. The summed E-state index contributed by atoms with van der Waals surface area (Å²) in [7, 11) is 2.79. The van der Waals surface area contributed by atoms with Gasteiger partial charge in [0.2, 0.25) is 0 Å². The molecule has 198 valence electrons. The first kappa shape index (κ1) is 26.4. The molecule has 3 heterocycles. The van der Waals surface area contributed by atoms with Crippen LogP contribution in [0.4, 0.5) is 0 Å². The van der Waals surface area contributed by atoms with Crippen molar-refractivity contribution in [3.63, 3.8) is 0 Å². The predicted octanol–water partition coefficient (Wildman–Crippen LogP) is 2.57. The van der Waals surface area contributed by atoms with Gasteiger partial charge in [0.05, 0.1) is 39.0 Å². The van der Waals surface area contributed by atoms with Gasteiger partial charge >= 0.3 is 5.97 Å². The van der Waals surface area contributed by atoms with Gasteiger partial charge in [-0.3, -0.25) is 14.5 Å². The van der Waals surface area contributed by atoms with E-state index >= 15 is 0 Å². The molecule has 1 atom stereocenters. The maximum Gasteiger partial charge on any atom is 0.354 e. The van der Waals surface area contributed by atoms with E-state index in [1.807, 2.05) is 0 Å². The van der Waals surface area contributed by atoms with Crippen molar-refractivity contribution in [2.75, 3.05) is 53.6 Å². The van der Waals surface area contributed by atoms with Crippen LogP contribution in [0.3, 0.4) is 0 Å². The molecule has 0 spiro atoms. The number of benzene rings is 1. The van der Waals surface area contributed by atoms with E-state index in [2.05, 4.69) is 9.88 Å². The largest absolute Gasteiger partial charge is 0.507 e. The lowest BCUT2D eigenvalue weighted by Crippen LogP contribution is -2.39. The summed E-state index contributed by atoms with van der Waals surface area (Å²) < 4.78 is 15.8. The second-order valence-electron chi connectivity index (χ2n) is 9.16. The maximum atomic E-state index is 13.4. The number of morpholine rings is 1. The highest BCUT2D eigenvalue weighted by Gasteiger charge is 2.47. The molecule has 37 heavy (non-hydrogen) atoms. The van der Waals surface area contributed by atoms with Crippen LogP contribution in [-0.2, 0) is 19.1 Å². The van der Waals surface area contributed by atoms with Crippen LogP contribution in [0.2, 0.25) is 0 Å². The number of hydrogen-bond donors (Lipinski definition) is 2. The summed E-state index contributed by atoms with van der Waals surface area (Å²) in [6.07, 6.45) is 0.646. The van der Waals surface area contributed by atoms with E-state index in [0.717, 1.165) is 19.6 Å². The van der Waals surface area contributed by atoms with Gasteiger partial charge in [-0.15, -0.1) is 0 Å².